The number of esters is 1. The van der Waals surface area contributed by atoms with Crippen molar-refractivity contribution >= 4 is 17.7 Å². The summed E-state index contributed by atoms with van der Waals surface area (Å²) in [6.45, 7) is 0. The summed E-state index contributed by atoms with van der Waals surface area (Å²) in [7, 11) is 0. The monoisotopic (exact) mass is 408 g/mol. The average molecular weight is 408 g/mol. The predicted octanol–water partition coefficient (Wildman–Crippen LogP) is 3.96. The molecular formula is C18H11F3N2O4S. The first-order valence-electron chi connectivity index (χ1n) is 7.74. The first-order valence-corrected chi connectivity index (χ1v) is 8.73. The lowest BCUT2D eigenvalue weighted by atomic mass is 10.1. The Morgan fingerprint density at radius 1 is 1.14 bits per heavy atom. The third-order valence-electron chi connectivity index (χ3n) is 3.39. The number of benzene rings is 1. The number of halogens is 3. The molecule has 0 aliphatic rings. The van der Waals surface area contributed by atoms with Gasteiger partial charge in [-0.1, -0.05) is 23.9 Å². The molecule has 0 saturated carbocycles. The second-order valence-electron chi connectivity index (χ2n) is 5.33. The highest BCUT2D eigenvalue weighted by molar-refractivity contribution is 7.98. The Hall–Kier alpha value is -3.14. The summed E-state index contributed by atoms with van der Waals surface area (Å²) < 4.78 is 49.0. The van der Waals surface area contributed by atoms with Gasteiger partial charge in [-0.2, -0.15) is 13.2 Å². The van der Waals surface area contributed by atoms with Crippen molar-refractivity contribution in [3.63, 3.8) is 0 Å². The molecule has 28 heavy (non-hydrogen) atoms. The molecular weight excluding hydrogens is 397 g/mol. The molecule has 3 rings (SSSR count). The highest BCUT2D eigenvalue weighted by atomic mass is 32.2. The van der Waals surface area contributed by atoms with Crippen LogP contribution in [-0.4, -0.2) is 15.9 Å². The van der Waals surface area contributed by atoms with Crippen LogP contribution in [0.25, 0.3) is 0 Å². The van der Waals surface area contributed by atoms with Crippen molar-refractivity contribution in [3.8, 4) is 5.75 Å². The number of alkyl halides is 3. The lowest BCUT2D eigenvalue weighted by Gasteiger charge is -2.11. The van der Waals surface area contributed by atoms with Gasteiger partial charge in [0.1, 0.15) is 12.0 Å². The minimum absolute atomic E-state index is 0.240. The molecule has 0 fully saturated rings. The van der Waals surface area contributed by atoms with E-state index in [2.05, 4.69) is 9.97 Å². The molecule has 0 amide bonds. The van der Waals surface area contributed by atoms with Crippen molar-refractivity contribution in [1.82, 2.24) is 9.97 Å². The second kappa shape index (κ2) is 8.26. The molecule has 1 aromatic carbocycles. The first kappa shape index (κ1) is 19.6. The maximum Gasteiger partial charge on any atom is 0.417 e. The van der Waals surface area contributed by atoms with E-state index < -0.39 is 34.5 Å². The lowest BCUT2D eigenvalue weighted by Crippen LogP contribution is -2.19. The molecule has 6 nitrogen and oxygen atoms in total. The maximum atomic E-state index is 13.0. The smallest absolute Gasteiger partial charge is 0.417 e. The number of rotatable bonds is 5. The fourth-order valence-corrected chi connectivity index (χ4v) is 2.84. The van der Waals surface area contributed by atoms with Gasteiger partial charge in [0.2, 0.25) is 11.2 Å². The summed E-state index contributed by atoms with van der Waals surface area (Å²) in [6.07, 6.45) is -0.723. The van der Waals surface area contributed by atoms with Crippen molar-refractivity contribution in [2.45, 2.75) is 17.1 Å². The van der Waals surface area contributed by atoms with E-state index in [1.54, 1.807) is 18.5 Å². The Morgan fingerprint density at radius 3 is 2.54 bits per heavy atom. The zero-order chi connectivity index (χ0) is 20.1. The van der Waals surface area contributed by atoms with Crippen molar-refractivity contribution in [2.75, 3.05) is 0 Å². The standard InChI is InChI=1S/C18H11F3N2O4S/c19-18(20,21)13-5-2-1-4-12(13)16(25)27-15-9-26-11(8-14(15)24)10-28-17-22-6-3-7-23-17/h1-9H,10H2. The number of thioether (sulfide) groups is 1. The SMILES string of the molecule is O=C(Oc1coc(CSc2ncccn2)cc1=O)c1ccccc1C(F)(F)F. The Balaban J connectivity index is 1.73. The van der Waals surface area contributed by atoms with Gasteiger partial charge in [-0.05, 0) is 18.2 Å². The van der Waals surface area contributed by atoms with E-state index in [4.69, 9.17) is 9.15 Å². The molecule has 2 heterocycles. The quantitative estimate of drug-likeness (QED) is 0.359. The molecule has 2 aromatic heterocycles. The molecule has 0 saturated heterocycles. The zero-order valence-electron chi connectivity index (χ0n) is 14.0. The summed E-state index contributed by atoms with van der Waals surface area (Å²) >= 11 is 1.22. The topological polar surface area (TPSA) is 82.3 Å². The number of nitrogens with zero attached hydrogens (tertiary/aromatic N) is 2. The fourth-order valence-electron chi connectivity index (χ4n) is 2.15. The summed E-state index contributed by atoms with van der Waals surface area (Å²) in [5.41, 5.74) is -2.55. The number of ether oxygens (including phenoxy) is 1. The van der Waals surface area contributed by atoms with Crippen LogP contribution in [0.5, 0.6) is 5.75 Å². The van der Waals surface area contributed by atoms with Crippen molar-refractivity contribution in [3.05, 3.63) is 82.2 Å². The minimum atomic E-state index is -4.74. The predicted molar refractivity (Wildman–Crippen MR) is 93.0 cm³/mol. The number of hydrogen-bond donors (Lipinski definition) is 0. The minimum Gasteiger partial charge on any atom is -0.464 e. The van der Waals surface area contributed by atoms with Crippen LogP contribution in [0.15, 0.2) is 69.4 Å². The van der Waals surface area contributed by atoms with E-state index >= 15 is 0 Å². The summed E-state index contributed by atoms with van der Waals surface area (Å²) in [5.74, 6) is -1.31. The van der Waals surface area contributed by atoms with Gasteiger partial charge in [-0.15, -0.1) is 0 Å². The van der Waals surface area contributed by atoms with Crippen LogP contribution < -0.4 is 10.2 Å². The third-order valence-corrected chi connectivity index (χ3v) is 4.29. The summed E-state index contributed by atoms with van der Waals surface area (Å²) in [4.78, 5) is 32.2. The Labute approximate surface area is 160 Å². The second-order valence-corrected chi connectivity index (χ2v) is 6.27. The van der Waals surface area contributed by atoms with E-state index in [-0.39, 0.29) is 11.5 Å². The van der Waals surface area contributed by atoms with E-state index in [1.807, 2.05) is 0 Å². The highest BCUT2D eigenvalue weighted by Gasteiger charge is 2.35. The Bertz CT molecular complexity index is 1040. The molecule has 0 unspecified atom stereocenters. The van der Waals surface area contributed by atoms with Crippen LogP contribution >= 0.6 is 11.8 Å². The number of hydrogen-bond acceptors (Lipinski definition) is 7. The average Bonchev–Trinajstić information content (AvgIpc) is 2.68. The highest BCUT2D eigenvalue weighted by Crippen LogP contribution is 2.32. The van der Waals surface area contributed by atoms with Crippen LogP contribution in [0.1, 0.15) is 21.7 Å². The Kier molecular flexibility index (Phi) is 5.78. The molecule has 3 aromatic rings. The normalized spacial score (nSPS) is 11.2. The van der Waals surface area contributed by atoms with Crippen LogP contribution in [0.2, 0.25) is 0 Å². The largest absolute Gasteiger partial charge is 0.464 e. The first-order chi connectivity index (χ1) is 13.3. The Morgan fingerprint density at radius 2 is 1.86 bits per heavy atom. The van der Waals surface area contributed by atoms with Crippen molar-refractivity contribution in [1.29, 1.82) is 0 Å². The molecule has 0 aliphatic heterocycles. The maximum absolute atomic E-state index is 13.0. The van der Waals surface area contributed by atoms with Crippen LogP contribution in [0, 0.1) is 0 Å². The molecule has 144 valence electrons. The lowest BCUT2D eigenvalue weighted by molar-refractivity contribution is -0.138. The molecule has 0 bridgehead atoms. The summed E-state index contributed by atoms with van der Waals surface area (Å²) in [6, 6.07) is 6.89. The molecule has 0 radical (unpaired) electrons. The van der Waals surface area contributed by atoms with Crippen LogP contribution in [0.3, 0.4) is 0 Å². The van der Waals surface area contributed by atoms with Crippen LogP contribution in [-0.2, 0) is 11.9 Å². The van der Waals surface area contributed by atoms with Gasteiger partial charge >= 0.3 is 12.1 Å². The molecule has 0 N–H and O–H groups in total. The van der Waals surface area contributed by atoms with Gasteiger partial charge in [0, 0.05) is 18.5 Å². The van der Waals surface area contributed by atoms with Gasteiger partial charge < -0.3 is 9.15 Å². The van der Waals surface area contributed by atoms with Crippen molar-refractivity contribution in [2.24, 2.45) is 0 Å². The van der Waals surface area contributed by atoms with Gasteiger partial charge in [-0.3, -0.25) is 4.79 Å². The van der Waals surface area contributed by atoms with E-state index in [0.29, 0.717) is 5.16 Å². The van der Waals surface area contributed by atoms with E-state index in [0.717, 1.165) is 30.5 Å². The van der Waals surface area contributed by atoms with Gasteiger partial charge in [0.25, 0.3) is 0 Å². The summed E-state index contributed by atoms with van der Waals surface area (Å²) in [5, 5.41) is 0.476. The van der Waals surface area contributed by atoms with E-state index in [9.17, 15) is 22.8 Å². The number of carbonyl (C=O) groups is 1. The van der Waals surface area contributed by atoms with Crippen molar-refractivity contribution < 1.29 is 27.1 Å². The van der Waals surface area contributed by atoms with E-state index in [1.165, 1.54) is 17.8 Å². The van der Waals surface area contributed by atoms with Gasteiger partial charge in [0.15, 0.2) is 5.16 Å². The molecule has 0 aliphatic carbocycles. The van der Waals surface area contributed by atoms with Gasteiger partial charge in [0.05, 0.1) is 16.9 Å². The third kappa shape index (κ3) is 4.77. The van der Waals surface area contributed by atoms with Crippen LogP contribution in [0.4, 0.5) is 13.2 Å². The fraction of sp³-hybridized carbons (Fsp3) is 0.111. The number of carbonyl (C=O) groups excluding carboxylic acids is 1. The molecule has 0 spiro atoms. The number of aromatic nitrogens is 2. The molecule has 0 atom stereocenters. The van der Waals surface area contributed by atoms with Gasteiger partial charge in [-0.25, -0.2) is 14.8 Å². The molecule has 10 heteroatoms. The zero-order valence-corrected chi connectivity index (χ0v) is 14.8.